The summed E-state index contributed by atoms with van der Waals surface area (Å²) in [5, 5.41) is 11.1. The molecule has 0 aromatic carbocycles. The molecule has 1 heterocycles. The van der Waals surface area contributed by atoms with Crippen molar-refractivity contribution in [2.45, 2.75) is 27.7 Å². The molecule has 78 valence electrons. The van der Waals surface area contributed by atoms with Gasteiger partial charge in [0.25, 0.3) is 0 Å². The average molecular weight is 197 g/mol. The van der Waals surface area contributed by atoms with E-state index in [0.29, 0.717) is 5.82 Å². The maximum Gasteiger partial charge on any atom is 0.235 e. The van der Waals surface area contributed by atoms with E-state index in [-0.39, 0.29) is 11.2 Å². The molecule has 0 atom stereocenters. The van der Waals surface area contributed by atoms with Crippen LogP contribution >= 0.6 is 0 Å². The number of nitrogens with zero attached hydrogens (tertiary/aromatic N) is 3. The van der Waals surface area contributed by atoms with Crippen LogP contribution in [0.4, 0.5) is 11.6 Å². The van der Waals surface area contributed by atoms with E-state index in [0.717, 1.165) is 5.71 Å². The van der Waals surface area contributed by atoms with Gasteiger partial charge >= 0.3 is 0 Å². The number of rotatable bonds is 2. The van der Waals surface area contributed by atoms with Gasteiger partial charge in [-0.05, 0) is 17.2 Å². The molecule has 0 saturated heterocycles. The Morgan fingerprint density at radius 1 is 1.43 bits per heavy atom. The lowest BCUT2D eigenvalue weighted by Crippen LogP contribution is -2.18. The fourth-order valence-electron chi connectivity index (χ4n) is 0.577. The first-order valence-corrected chi connectivity index (χ1v) is 4.30. The molecule has 6 heteroatoms. The summed E-state index contributed by atoms with van der Waals surface area (Å²) in [7, 11) is 0. The molecule has 0 bridgehead atoms. The minimum atomic E-state index is 0.0128. The minimum absolute atomic E-state index is 0.0128. The minimum Gasteiger partial charge on any atom is -0.378 e. The number of nitrogens with two attached hydrogens (primary N) is 1. The molecule has 0 aliphatic heterocycles. The van der Waals surface area contributed by atoms with Crippen LogP contribution in [0.2, 0.25) is 0 Å². The van der Waals surface area contributed by atoms with Crippen molar-refractivity contribution in [3.05, 3.63) is 0 Å². The maximum absolute atomic E-state index is 5.44. The SMILES string of the molecule is C/C(=N\Nc1nonc1N)C(C)(C)C. The van der Waals surface area contributed by atoms with Gasteiger partial charge in [-0.15, -0.1) is 0 Å². The lowest BCUT2D eigenvalue weighted by molar-refractivity contribution is 0.310. The van der Waals surface area contributed by atoms with Gasteiger partial charge in [0.05, 0.1) is 0 Å². The van der Waals surface area contributed by atoms with Crippen LogP contribution in [0.1, 0.15) is 27.7 Å². The molecule has 1 rings (SSSR count). The van der Waals surface area contributed by atoms with Crippen molar-refractivity contribution < 1.29 is 4.63 Å². The van der Waals surface area contributed by atoms with Crippen LogP contribution in [-0.2, 0) is 0 Å². The molecule has 0 saturated carbocycles. The first-order chi connectivity index (χ1) is 6.41. The number of anilines is 2. The predicted molar refractivity (Wildman–Crippen MR) is 54.9 cm³/mol. The second-order valence-corrected chi connectivity index (χ2v) is 4.06. The molecule has 0 aliphatic carbocycles. The summed E-state index contributed by atoms with van der Waals surface area (Å²) in [6.45, 7) is 8.13. The van der Waals surface area contributed by atoms with Crippen LogP contribution in [-0.4, -0.2) is 16.0 Å². The van der Waals surface area contributed by atoms with Crippen molar-refractivity contribution >= 4 is 17.3 Å². The number of nitrogens with one attached hydrogen (secondary N) is 1. The monoisotopic (exact) mass is 197 g/mol. The summed E-state index contributed by atoms with van der Waals surface area (Å²) >= 11 is 0. The van der Waals surface area contributed by atoms with Crippen LogP contribution in [0.3, 0.4) is 0 Å². The molecule has 1 aromatic rings. The molecular weight excluding hydrogens is 182 g/mol. The Kier molecular flexibility index (Phi) is 2.73. The Hall–Kier alpha value is -1.59. The largest absolute Gasteiger partial charge is 0.378 e. The lowest BCUT2D eigenvalue weighted by Gasteiger charge is -2.17. The highest BCUT2D eigenvalue weighted by molar-refractivity contribution is 5.87. The number of hydrogen-bond donors (Lipinski definition) is 2. The molecule has 0 amide bonds. The molecule has 0 radical (unpaired) electrons. The van der Waals surface area contributed by atoms with Crippen LogP contribution in [0, 0.1) is 5.41 Å². The Bertz CT molecular complexity index is 336. The quantitative estimate of drug-likeness (QED) is 0.553. The fraction of sp³-hybridized carbons (Fsp3) is 0.625. The summed E-state index contributed by atoms with van der Waals surface area (Å²) < 4.78 is 4.41. The summed E-state index contributed by atoms with van der Waals surface area (Å²) in [5.41, 5.74) is 9.09. The van der Waals surface area contributed by atoms with E-state index in [1.807, 2.05) is 6.92 Å². The van der Waals surface area contributed by atoms with Crippen molar-refractivity contribution in [2.75, 3.05) is 11.2 Å². The maximum atomic E-state index is 5.44. The van der Waals surface area contributed by atoms with E-state index >= 15 is 0 Å². The average Bonchev–Trinajstić information content (AvgIpc) is 2.45. The fourth-order valence-corrected chi connectivity index (χ4v) is 0.577. The third-order valence-corrected chi connectivity index (χ3v) is 1.93. The lowest BCUT2D eigenvalue weighted by atomic mass is 9.91. The zero-order valence-corrected chi connectivity index (χ0v) is 8.83. The molecule has 6 nitrogen and oxygen atoms in total. The molecule has 0 unspecified atom stereocenters. The van der Waals surface area contributed by atoms with Gasteiger partial charge in [0.2, 0.25) is 11.6 Å². The molecule has 1 aromatic heterocycles. The number of aromatic nitrogens is 2. The van der Waals surface area contributed by atoms with Crippen molar-refractivity contribution in [3.8, 4) is 0 Å². The molecular formula is C8H15N5O. The third kappa shape index (κ3) is 2.45. The van der Waals surface area contributed by atoms with Gasteiger partial charge in [0.1, 0.15) is 0 Å². The Morgan fingerprint density at radius 3 is 2.50 bits per heavy atom. The van der Waals surface area contributed by atoms with Crippen LogP contribution in [0.5, 0.6) is 0 Å². The van der Waals surface area contributed by atoms with Gasteiger partial charge in [-0.2, -0.15) is 5.10 Å². The van der Waals surface area contributed by atoms with Gasteiger partial charge in [-0.25, -0.2) is 4.63 Å². The zero-order valence-electron chi connectivity index (χ0n) is 8.83. The highest BCUT2D eigenvalue weighted by Gasteiger charge is 2.14. The first kappa shape index (κ1) is 10.5. The van der Waals surface area contributed by atoms with Gasteiger partial charge < -0.3 is 5.73 Å². The standard InChI is InChI=1S/C8H15N5O/c1-5(8(2,3)4)10-11-7-6(9)12-14-13-7/h1-4H3,(H2,9,12)(H,11,13)/b10-5+. The Morgan fingerprint density at radius 2 is 2.07 bits per heavy atom. The molecule has 0 aliphatic rings. The third-order valence-electron chi connectivity index (χ3n) is 1.93. The summed E-state index contributed by atoms with van der Waals surface area (Å²) in [4.78, 5) is 0. The van der Waals surface area contributed by atoms with Gasteiger partial charge in [0, 0.05) is 11.1 Å². The molecule has 0 spiro atoms. The van der Waals surface area contributed by atoms with E-state index in [2.05, 4.69) is 46.2 Å². The Balaban J connectivity index is 2.69. The number of hydrazone groups is 1. The highest BCUT2D eigenvalue weighted by atomic mass is 16.6. The topological polar surface area (TPSA) is 89.3 Å². The van der Waals surface area contributed by atoms with E-state index in [1.54, 1.807) is 0 Å². The van der Waals surface area contributed by atoms with Crippen molar-refractivity contribution in [3.63, 3.8) is 0 Å². The van der Waals surface area contributed by atoms with Crippen molar-refractivity contribution in [2.24, 2.45) is 10.5 Å². The first-order valence-electron chi connectivity index (χ1n) is 4.30. The molecule has 3 N–H and O–H groups in total. The highest BCUT2D eigenvalue weighted by Crippen LogP contribution is 2.17. The normalized spacial score (nSPS) is 13.0. The van der Waals surface area contributed by atoms with Gasteiger partial charge in [0.15, 0.2) is 0 Å². The van der Waals surface area contributed by atoms with E-state index in [4.69, 9.17) is 5.73 Å². The second-order valence-electron chi connectivity index (χ2n) is 4.06. The second kappa shape index (κ2) is 3.65. The smallest absolute Gasteiger partial charge is 0.235 e. The Labute approximate surface area is 82.5 Å². The predicted octanol–water partition coefficient (Wildman–Crippen LogP) is 1.49. The zero-order chi connectivity index (χ0) is 10.8. The summed E-state index contributed by atoms with van der Waals surface area (Å²) in [5.74, 6) is 0.545. The van der Waals surface area contributed by atoms with Gasteiger partial charge in [-0.3, -0.25) is 5.43 Å². The molecule has 14 heavy (non-hydrogen) atoms. The molecule has 0 fully saturated rings. The van der Waals surface area contributed by atoms with E-state index in [9.17, 15) is 0 Å². The van der Waals surface area contributed by atoms with Crippen LogP contribution < -0.4 is 11.2 Å². The summed E-state index contributed by atoms with van der Waals surface area (Å²) in [6, 6.07) is 0. The van der Waals surface area contributed by atoms with Crippen molar-refractivity contribution in [1.29, 1.82) is 0 Å². The van der Waals surface area contributed by atoms with Gasteiger partial charge in [-0.1, -0.05) is 20.8 Å². The van der Waals surface area contributed by atoms with Crippen molar-refractivity contribution in [1.82, 2.24) is 10.3 Å². The van der Waals surface area contributed by atoms with Crippen LogP contribution in [0.25, 0.3) is 0 Å². The number of nitrogen functional groups attached to an aromatic ring is 1. The summed E-state index contributed by atoms with van der Waals surface area (Å²) in [6.07, 6.45) is 0. The van der Waals surface area contributed by atoms with Crippen LogP contribution in [0.15, 0.2) is 9.73 Å². The van der Waals surface area contributed by atoms with E-state index in [1.165, 1.54) is 0 Å². The van der Waals surface area contributed by atoms with E-state index < -0.39 is 0 Å². The number of hydrogen-bond acceptors (Lipinski definition) is 6.